The monoisotopic (exact) mass is 284 g/mol. The van der Waals surface area contributed by atoms with Crippen molar-refractivity contribution >= 4 is 16.3 Å². The molecule has 17 heavy (non-hydrogen) atoms. The predicted molar refractivity (Wildman–Crippen MR) is 65.4 cm³/mol. The molecule has 1 aliphatic carbocycles. The smallest absolute Gasteiger partial charge is 0.324 e. The third kappa shape index (κ3) is 5.56. The van der Waals surface area contributed by atoms with E-state index < -0.39 is 16.3 Å². The Labute approximate surface area is 102 Å². The lowest BCUT2D eigenvalue weighted by molar-refractivity contribution is 0.318. The van der Waals surface area contributed by atoms with Crippen LogP contribution in [-0.4, -0.2) is 33.4 Å². The zero-order chi connectivity index (χ0) is 12.9. The first-order valence-corrected chi connectivity index (χ1v) is 8.40. The van der Waals surface area contributed by atoms with Crippen LogP contribution in [0.25, 0.3) is 0 Å². The van der Waals surface area contributed by atoms with E-state index in [1.165, 1.54) is 12.8 Å². The van der Waals surface area contributed by atoms with E-state index in [1.807, 2.05) is 0 Å². The minimum Gasteiger partial charge on any atom is -0.324 e. The van der Waals surface area contributed by atoms with Gasteiger partial charge in [-0.1, -0.05) is 0 Å². The van der Waals surface area contributed by atoms with Gasteiger partial charge < -0.3 is 15.1 Å². The summed E-state index contributed by atoms with van der Waals surface area (Å²) in [4.78, 5) is 24.8. The van der Waals surface area contributed by atoms with Gasteiger partial charge in [0.15, 0.2) is 0 Å². The van der Waals surface area contributed by atoms with E-state index in [0.717, 1.165) is 19.4 Å². The summed E-state index contributed by atoms with van der Waals surface area (Å²) >= 11 is 0. The summed E-state index contributed by atoms with van der Waals surface area (Å²) in [7, 11) is -4.96. The van der Waals surface area contributed by atoms with Crippen LogP contribution < -0.4 is 5.32 Å². The Morgan fingerprint density at radius 1 is 1.35 bits per heavy atom. The van der Waals surface area contributed by atoms with Crippen LogP contribution >= 0.6 is 16.3 Å². The second-order valence-electron chi connectivity index (χ2n) is 4.74. The van der Waals surface area contributed by atoms with Crippen LogP contribution in [0.5, 0.6) is 0 Å². The van der Waals surface area contributed by atoms with Gasteiger partial charge in [0.05, 0.1) is 6.16 Å². The van der Waals surface area contributed by atoms with E-state index in [1.54, 1.807) is 0 Å². The number of nitrogens with one attached hydrogen (secondary N) is 1. The van der Waals surface area contributed by atoms with Crippen molar-refractivity contribution in [3.05, 3.63) is 0 Å². The van der Waals surface area contributed by atoms with E-state index in [0.29, 0.717) is 12.0 Å². The molecule has 0 aromatic carbocycles. The molecule has 2 fully saturated rings. The SMILES string of the molecule is O=P(O)(O)CC1CC2CCCNC2C1.O=[PH+]O. The number of piperidine rings is 1. The zero-order valence-electron chi connectivity index (χ0n) is 9.58. The summed E-state index contributed by atoms with van der Waals surface area (Å²) in [5.41, 5.74) is 0. The molecule has 1 aliphatic heterocycles. The molecule has 1 saturated heterocycles. The van der Waals surface area contributed by atoms with Crippen molar-refractivity contribution in [1.82, 2.24) is 5.32 Å². The maximum Gasteiger partial charge on any atom is 0.491 e. The Morgan fingerprint density at radius 2 is 2.00 bits per heavy atom. The van der Waals surface area contributed by atoms with E-state index in [4.69, 9.17) is 19.2 Å². The van der Waals surface area contributed by atoms with Crippen molar-refractivity contribution in [3.8, 4) is 0 Å². The van der Waals surface area contributed by atoms with Gasteiger partial charge in [0.25, 0.3) is 0 Å². The first kappa shape index (κ1) is 15.2. The lowest BCUT2D eigenvalue weighted by Crippen LogP contribution is -2.37. The Balaban J connectivity index is 0.000000437. The molecule has 0 spiro atoms. The van der Waals surface area contributed by atoms with Gasteiger partial charge in [-0.3, -0.25) is 4.57 Å². The van der Waals surface area contributed by atoms with E-state index >= 15 is 0 Å². The Morgan fingerprint density at radius 3 is 2.53 bits per heavy atom. The maximum absolute atomic E-state index is 10.9. The lowest BCUT2D eigenvalue weighted by atomic mass is 9.94. The molecule has 1 saturated carbocycles. The normalized spacial score (nSPS) is 32.8. The molecule has 0 aromatic heterocycles. The molecule has 100 valence electrons. The van der Waals surface area contributed by atoms with Crippen LogP contribution in [0, 0.1) is 11.8 Å². The molecule has 0 radical (unpaired) electrons. The van der Waals surface area contributed by atoms with Gasteiger partial charge in [-0.05, 0) is 48.6 Å². The molecule has 4 atom stereocenters. The largest absolute Gasteiger partial charge is 0.491 e. The predicted octanol–water partition coefficient (Wildman–Crippen LogP) is 0.860. The molecule has 0 bridgehead atoms. The number of hydrogen-bond acceptors (Lipinski definition) is 3. The van der Waals surface area contributed by atoms with Gasteiger partial charge in [-0.25, -0.2) is 0 Å². The fourth-order valence-corrected chi connectivity index (χ4v) is 3.92. The molecule has 4 unspecified atom stereocenters. The average Bonchev–Trinajstić information content (AvgIpc) is 2.57. The van der Waals surface area contributed by atoms with Crippen LogP contribution in [0.4, 0.5) is 0 Å². The summed E-state index contributed by atoms with van der Waals surface area (Å²) in [6, 6.07) is 0.528. The first-order chi connectivity index (χ1) is 7.96. The number of hydrogen-bond donors (Lipinski definition) is 4. The van der Waals surface area contributed by atoms with E-state index in [9.17, 15) is 4.57 Å². The molecule has 4 N–H and O–H groups in total. The molecule has 2 aliphatic rings. The molecule has 2 rings (SSSR count). The second-order valence-corrected chi connectivity index (χ2v) is 6.62. The highest BCUT2D eigenvalue weighted by molar-refractivity contribution is 7.51. The molecule has 8 heteroatoms. The summed E-state index contributed by atoms with van der Waals surface area (Å²) in [6.45, 7) is 1.07. The summed E-state index contributed by atoms with van der Waals surface area (Å²) in [5.74, 6) is 0.900. The van der Waals surface area contributed by atoms with Crippen LogP contribution in [0.2, 0.25) is 0 Å². The average molecular weight is 284 g/mol. The van der Waals surface area contributed by atoms with Crippen LogP contribution in [0.1, 0.15) is 25.7 Å². The first-order valence-electron chi connectivity index (χ1n) is 5.75. The second kappa shape index (κ2) is 6.93. The fourth-order valence-electron chi connectivity index (χ4n) is 2.95. The Kier molecular flexibility index (Phi) is 6.21. The Hall–Kier alpha value is 0.170. The van der Waals surface area contributed by atoms with Gasteiger partial charge in [0.2, 0.25) is 0 Å². The minimum absolute atomic E-state index is 0.0850. The van der Waals surface area contributed by atoms with Crippen molar-refractivity contribution in [2.45, 2.75) is 31.7 Å². The standard InChI is InChI=1S/C9H18NO3P.HO2P/c11-14(12,13)6-7-4-8-2-1-3-10-9(8)5-7;1-3-2/h7-10H,1-6H2,(H2,11,12,13);3H/p+1. The molecular formula is C9H20NO5P2+. The summed E-state index contributed by atoms with van der Waals surface area (Å²) in [5, 5.41) is 3.44. The highest BCUT2D eigenvalue weighted by Gasteiger charge is 2.37. The van der Waals surface area contributed by atoms with Crippen LogP contribution in [0.15, 0.2) is 0 Å². The molecular weight excluding hydrogens is 264 g/mol. The highest BCUT2D eigenvalue weighted by Crippen LogP contribution is 2.45. The number of rotatable bonds is 2. The van der Waals surface area contributed by atoms with Gasteiger partial charge in [0.1, 0.15) is 0 Å². The van der Waals surface area contributed by atoms with Crippen molar-refractivity contribution in [3.63, 3.8) is 0 Å². The summed E-state index contributed by atoms with van der Waals surface area (Å²) in [6.07, 6.45) is 4.49. The van der Waals surface area contributed by atoms with Crippen molar-refractivity contribution < 1.29 is 23.8 Å². The third-order valence-corrected chi connectivity index (χ3v) is 4.44. The zero-order valence-corrected chi connectivity index (χ0v) is 11.5. The van der Waals surface area contributed by atoms with Crippen LogP contribution in [0.3, 0.4) is 0 Å². The minimum atomic E-state index is -3.80. The van der Waals surface area contributed by atoms with Crippen molar-refractivity contribution in [2.24, 2.45) is 11.8 Å². The quantitative estimate of drug-likeness (QED) is 0.560. The highest BCUT2D eigenvalue weighted by atomic mass is 31.2. The maximum atomic E-state index is 10.9. The lowest BCUT2D eigenvalue weighted by Gasteiger charge is -2.26. The molecule has 6 nitrogen and oxygen atoms in total. The Bertz CT molecular complexity index is 281. The van der Waals surface area contributed by atoms with Crippen molar-refractivity contribution in [1.29, 1.82) is 0 Å². The van der Waals surface area contributed by atoms with Gasteiger partial charge in [-0.15, -0.1) is 0 Å². The van der Waals surface area contributed by atoms with E-state index in [2.05, 4.69) is 5.32 Å². The van der Waals surface area contributed by atoms with Crippen LogP contribution in [-0.2, 0) is 9.13 Å². The van der Waals surface area contributed by atoms with Gasteiger partial charge >= 0.3 is 16.3 Å². The summed E-state index contributed by atoms with van der Waals surface area (Å²) < 4.78 is 19.4. The number of fused-ring (bicyclic) bond motifs is 1. The van der Waals surface area contributed by atoms with Crippen molar-refractivity contribution in [2.75, 3.05) is 12.7 Å². The topological polar surface area (TPSA) is 107 Å². The molecule has 0 aromatic rings. The molecule has 1 heterocycles. The molecule has 0 amide bonds. The van der Waals surface area contributed by atoms with E-state index in [-0.39, 0.29) is 12.1 Å². The fraction of sp³-hybridized carbons (Fsp3) is 1.00. The van der Waals surface area contributed by atoms with Gasteiger partial charge in [0, 0.05) is 6.04 Å². The third-order valence-electron chi connectivity index (χ3n) is 3.45. The van der Waals surface area contributed by atoms with Gasteiger partial charge in [-0.2, -0.15) is 4.89 Å².